The maximum atomic E-state index is 12.2. The molecule has 110 valence electrons. The average molecular weight is 295 g/mol. The Bertz CT molecular complexity index is 730. The van der Waals surface area contributed by atoms with E-state index in [1.807, 2.05) is 19.1 Å². The van der Waals surface area contributed by atoms with Crippen LogP contribution in [0.25, 0.3) is 11.1 Å². The molecule has 0 aliphatic heterocycles. The van der Waals surface area contributed by atoms with E-state index >= 15 is 0 Å². The minimum absolute atomic E-state index is 0.0795. The van der Waals surface area contributed by atoms with E-state index in [2.05, 4.69) is 14.8 Å². The van der Waals surface area contributed by atoms with Crippen molar-refractivity contribution in [3.63, 3.8) is 0 Å². The summed E-state index contributed by atoms with van der Waals surface area (Å²) >= 11 is 0. The minimum atomic E-state index is -4.65. The molecule has 2 aromatic heterocycles. The number of aromatic nitrogens is 3. The molecule has 3 rings (SSSR count). The molecule has 0 amide bonds. The second-order valence-corrected chi connectivity index (χ2v) is 4.88. The summed E-state index contributed by atoms with van der Waals surface area (Å²) in [4.78, 5) is 4.29. The van der Waals surface area contributed by atoms with Gasteiger partial charge in [-0.2, -0.15) is 5.10 Å². The molecule has 2 aromatic rings. The van der Waals surface area contributed by atoms with Gasteiger partial charge in [-0.3, -0.25) is 0 Å². The van der Waals surface area contributed by atoms with E-state index in [4.69, 9.17) is 0 Å². The summed E-state index contributed by atoms with van der Waals surface area (Å²) in [5.74, 6) is -0.186. The van der Waals surface area contributed by atoms with Crippen molar-refractivity contribution >= 4 is 11.1 Å². The number of ether oxygens (including phenoxy) is 1. The van der Waals surface area contributed by atoms with Gasteiger partial charge in [0.15, 0.2) is 0 Å². The zero-order chi connectivity index (χ0) is 15.0. The third-order valence-corrected chi connectivity index (χ3v) is 3.32. The topological polar surface area (TPSA) is 39.4 Å². The Morgan fingerprint density at radius 1 is 1.33 bits per heavy atom. The molecule has 1 aliphatic rings. The standard InChI is InChI=1S/C14H12F3N3O/c1-9-6-11(21-14(15,16)17)2-3-12(9)13-7-10-4-5-19-20(10)8-18-13/h2-5,7-9H,6H2,1H3. The summed E-state index contributed by atoms with van der Waals surface area (Å²) in [6.07, 6.45) is 1.77. The molecule has 2 heterocycles. The molecule has 7 heteroatoms. The first-order valence-corrected chi connectivity index (χ1v) is 6.38. The number of alkyl halides is 3. The van der Waals surface area contributed by atoms with Crippen LogP contribution in [0.1, 0.15) is 19.0 Å². The summed E-state index contributed by atoms with van der Waals surface area (Å²) < 4.78 is 42.3. The Labute approximate surface area is 118 Å². The summed E-state index contributed by atoms with van der Waals surface area (Å²) in [6, 6.07) is 3.70. The Balaban J connectivity index is 1.91. The van der Waals surface area contributed by atoms with E-state index in [1.165, 1.54) is 6.08 Å². The lowest BCUT2D eigenvalue weighted by Crippen LogP contribution is -2.16. The van der Waals surface area contributed by atoms with Gasteiger partial charge in [0.2, 0.25) is 0 Å². The van der Waals surface area contributed by atoms with E-state index in [0.717, 1.165) is 16.8 Å². The maximum Gasteiger partial charge on any atom is 0.572 e. The van der Waals surface area contributed by atoms with Gasteiger partial charge in [0.05, 0.1) is 17.4 Å². The van der Waals surface area contributed by atoms with Crippen LogP contribution in [-0.4, -0.2) is 21.0 Å². The molecule has 1 atom stereocenters. The molecule has 0 saturated carbocycles. The zero-order valence-electron chi connectivity index (χ0n) is 11.1. The maximum absolute atomic E-state index is 12.2. The molecule has 0 spiro atoms. The van der Waals surface area contributed by atoms with Crippen molar-refractivity contribution in [2.45, 2.75) is 19.7 Å². The van der Waals surface area contributed by atoms with Crippen molar-refractivity contribution in [3.8, 4) is 0 Å². The average Bonchev–Trinajstić information content (AvgIpc) is 2.84. The number of halogens is 3. The van der Waals surface area contributed by atoms with E-state index in [-0.39, 0.29) is 18.1 Å². The van der Waals surface area contributed by atoms with Crippen LogP contribution >= 0.6 is 0 Å². The van der Waals surface area contributed by atoms with Crippen molar-refractivity contribution in [1.82, 2.24) is 14.6 Å². The number of nitrogens with zero attached hydrogens (tertiary/aromatic N) is 3. The molecule has 0 radical (unpaired) electrons. The second kappa shape index (κ2) is 4.91. The first kappa shape index (κ1) is 13.7. The summed E-state index contributed by atoms with van der Waals surface area (Å²) in [5.41, 5.74) is 2.50. The normalized spacial score (nSPS) is 19.3. The van der Waals surface area contributed by atoms with Crippen molar-refractivity contribution in [1.29, 1.82) is 0 Å². The second-order valence-electron chi connectivity index (χ2n) is 4.88. The first-order chi connectivity index (χ1) is 9.92. The highest BCUT2D eigenvalue weighted by molar-refractivity contribution is 5.70. The number of allylic oxidation sites excluding steroid dienone is 4. The summed E-state index contributed by atoms with van der Waals surface area (Å²) in [5, 5.41) is 4.05. The van der Waals surface area contributed by atoms with Gasteiger partial charge in [-0.1, -0.05) is 13.0 Å². The molecular weight excluding hydrogens is 283 g/mol. The minimum Gasteiger partial charge on any atom is -0.410 e. The molecule has 0 bridgehead atoms. The van der Waals surface area contributed by atoms with Crippen LogP contribution in [0.15, 0.2) is 42.6 Å². The highest BCUT2D eigenvalue weighted by atomic mass is 19.4. The SMILES string of the molecule is CC1CC(OC(F)(F)F)=CC=C1c1cc2ccnn2cn1. The van der Waals surface area contributed by atoms with Crippen LogP contribution in [0.5, 0.6) is 0 Å². The fourth-order valence-corrected chi connectivity index (χ4v) is 2.38. The largest absolute Gasteiger partial charge is 0.572 e. The zero-order valence-corrected chi connectivity index (χ0v) is 11.1. The monoisotopic (exact) mass is 295 g/mol. The molecular formula is C14H12F3N3O. The molecule has 1 unspecified atom stereocenters. The Kier molecular flexibility index (Phi) is 3.19. The van der Waals surface area contributed by atoms with Gasteiger partial charge >= 0.3 is 6.36 Å². The Morgan fingerprint density at radius 2 is 2.14 bits per heavy atom. The van der Waals surface area contributed by atoms with Crippen LogP contribution in [0.4, 0.5) is 13.2 Å². The first-order valence-electron chi connectivity index (χ1n) is 6.38. The van der Waals surface area contributed by atoms with Crippen molar-refractivity contribution < 1.29 is 17.9 Å². The molecule has 0 saturated heterocycles. The third kappa shape index (κ3) is 2.91. The van der Waals surface area contributed by atoms with Gasteiger partial charge in [-0.05, 0) is 29.7 Å². The molecule has 0 aromatic carbocycles. The van der Waals surface area contributed by atoms with Crippen molar-refractivity contribution in [2.24, 2.45) is 5.92 Å². The summed E-state index contributed by atoms with van der Waals surface area (Å²) in [6.45, 7) is 1.85. The highest BCUT2D eigenvalue weighted by Crippen LogP contribution is 2.34. The lowest BCUT2D eigenvalue weighted by Gasteiger charge is -2.22. The fraction of sp³-hybridized carbons (Fsp3) is 0.286. The number of hydrogen-bond donors (Lipinski definition) is 0. The van der Waals surface area contributed by atoms with E-state index < -0.39 is 6.36 Å². The van der Waals surface area contributed by atoms with E-state index in [0.29, 0.717) is 0 Å². The molecule has 1 aliphatic carbocycles. The highest BCUT2D eigenvalue weighted by Gasteiger charge is 2.33. The number of rotatable bonds is 2. The van der Waals surface area contributed by atoms with Crippen molar-refractivity contribution in [2.75, 3.05) is 0 Å². The van der Waals surface area contributed by atoms with Gasteiger partial charge < -0.3 is 4.74 Å². The fourth-order valence-electron chi connectivity index (χ4n) is 2.38. The predicted octanol–water partition coefficient (Wildman–Crippen LogP) is 3.57. The quantitative estimate of drug-likeness (QED) is 0.850. The van der Waals surface area contributed by atoms with Gasteiger partial charge in [-0.25, -0.2) is 9.50 Å². The van der Waals surface area contributed by atoms with Gasteiger partial charge in [-0.15, -0.1) is 13.2 Å². The van der Waals surface area contributed by atoms with Crippen LogP contribution < -0.4 is 0 Å². The Morgan fingerprint density at radius 3 is 2.86 bits per heavy atom. The van der Waals surface area contributed by atoms with E-state index in [1.54, 1.807) is 23.1 Å². The van der Waals surface area contributed by atoms with E-state index in [9.17, 15) is 13.2 Å². The third-order valence-electron chi connectivity index (χ3n) is 3.32. The van der Waals surface area contributed by atoms with Crippen molar-refractivity contribution in [3.05, 3.63) is 48.3 Å². The van der Waals surface area contributed by atoms with Crippen LogP contribution in [0.3, 0.4) is 0 Å². The lowest BCUT2D eigenvalue weighted by atomic mass is 9.90. The lowest BCUT2D eigenvalue weighted by molar-refractivity contribution is -0.306. The molecule has 0 fully saturated rings. The summed E-state index contributed by atoms with van der Waals surface area (Å²) in [7, 11) is 0. The van der Waals surface area contributed by atoms with Crippen LogP contribution in [0.2, 0.25) is 0 Å². The van der Waals surface area contributed by atoms with Crippen LogP contribution in [-0.2, 0) is 4.74 Å². The smallest absolute Gasteiger partial charge is 0.410 e. The van der Waals surface area contributed by atoms with Crippen LogP contribution in [0, 0.1) is 5.92 Å². The van der Waals surface area contributed by atoms with Gasteiger partial charge in [0.25, 0.3) is 0 Å². The predicted molar refractivity (Wildman–Crippen MR) is 70.0 cm³/mol. The number of fused-ring (bicyclic) bond motifs is 1. The number of hydrogen-bond acceptors (Lipinski definition) is 3. The van der Waals surface area contributed by atoms with Gasteiger partial charge in [0.1, 0.15) is 12.1 Å². The molecule has 4 nitrogen and oxygen atoms in total. The Hall–Kier alpha value is -2.31. The molecule has 21 heavy (non-hydrogen) atoms. The molecule has 0 N–H and O–H groups in total. The van der Waals surface area contributed by atoms with Gasteiger partial charge in [0, 0.05) is 6.42 Å².